The maximum Gasteiger partial charge on any atom is 0.417 e. The van der Waals surface area contributed by atoms with E-state index in [1.165, 1.54) is 12.1 Å². The van der Waals surface area contributed by atoms with E-state index in [4.69, 9.17) is 17.3 Å². The van der Waals surface area contributed by atoms with E-state index in [0.29, 0.717) is 12.3 Å². The van der Waals surface area contributed by atoms with Gasteiger partial charge in [-0.25, -0.2) is 0 Å². The SMILES string of the molecule is CC(C)CC[C@H](O)[C@H](N)c1cccc(C(F)(F)F)c1Cl. The highest BCUT2D eigenvalue weighted by atomic mass is 35.5. The molecule has 20 heavy (non-hydrogen) atoms. The van der Waals surface area contributed by atoms with Crippen LogP contribution in [0.25, 0.3) is 0 Å². The van der Waals surface area contributed by atoms with Gasteiger partial charge in [0, 0.05) is 0 Å². The lowest BCUT2D eigenvalue weighted by molar-refractivity contribution is -0.137. The van der Waals surface area contributed by atoms with Crippen molar-refractivity contribution in [2.75, 3.05) is 0 Å². The van der Waals surface area contributed by atoms with Crippen molar-refractivity contribution in [3.8, 4) is 0 Å². The fourth-order valence-electron chi connectivity index (χ4n) is 1.92. The van der Waals surface area contributed by atoms with E-state index in [0.717, 1.165) is 12.5 Å². The highest BCUT2D eigenvalue weighted by molar-refractivity contribution is 6.32. The Bertz CT molecular complexity index is 449. The summed E-state index contributed by atoms with van der Waals surface area (Å²) in [6.07, 6.45) is -4.29. The first-order valence-corrected chi connectivity index (χ1v) is 6.81. The molecule has 0 unspecified atom stereocenters. The van der Waals surface area contributed by atoms with E-state index < -0.39 is 28.9 Å². The minimum absolute atomic E-state index is 0.123. The van der Waals surface area contributed by atoms with Gasteiger partial charge in [-0.2, -0.15) is 13.2 Å². The lowest BCUT2D eigenvalue weighted by atomic mass is 9.95. The largest absolute Gasteiger partial charge is 0.417 e. The number of nitrogens with two attached hydrogens (primary N) is 1. The lowest BCUT2D eigenvalue weighted by Crippen LogP contribution is -2.27. The van der Waals surface area contributed by atoms with Crippen molar-refractivity contribution in [3.63, 3.8) is 0 Å². The zero-order valence-electron chi connectivity index (χ0n) is 11.4. The Kier molecular flexibility index (Phi) is 5.86. The molecule has 0 aliphatic rings. The number of aliphatic hydroxyl groups excluding tert-OH is 1. The highest BCUT2D eigenvalue weighted by Crippen LogP contribution is 2.38. The Morgan fingerprint density at radius 1 is 1.25 bits per heavy atom. The molecule has 0 amide bonds. The smallest absolute Gasteiger partial charge is 0.391 e. The van der Waals surface area contributed by atoms with Gasteiger partial charge in [-0.05, 0) is 30.4 Å². The molecule has 1 aromatic carbocycles. The van der Waals surface area contributed by atoms with Crippen molar-refractivity contribution in [3.05, 3.63) is 34.3 Å². The van der Waals surface area contributed by atoms with Gasteiger partial charge in [0.05, 0.1) is 22.7 Å². The van der Waals surface area contributed by atoms with Crippen molar-refractivity contribution in [2.45, 2.75) is 45.0 Å². The van der Waals surface area contributed by atoms with Gasteiger partial charge < -0.3 is 10.8 Å². The zero-order chi connectivity index (χ0) is 15.5. The topological polar surface area (TPSA) is 46.2 Å². The van der Waals surface area contributed by atoms with E-state index >= 15 is 0 Å². The summed E-state index contributed by atoms with van der Waals surface area (Å²) < 4.78 is 38.3. The van der Waals surface area contributed by atoms with Gasteiger partial charge in [0.25, 0.3) is 0 Å². The number of halogens is 4. The summed E-state index contributed by atoms with van der Waals surface area (Å²) in [6.45, 7) is 3.99. The van der Waals surface area contributed by atoms with Crippen LogP contribution in [0.5, 0.6) is 0 Å². The molecule has 2 atom stereocenters. The summed E-state index contributed by atoms with van der Waals surface area (Å²) >= 11 is 5.78. The standard InChI is InChI=1S/C14H19ClF3NO/c1-8(2)6-7-11(20)13(19)9-4-3-5-10(12(9)15)14(16,17)18/h3-5,8,11,13,20H,6-7,19H2,1-2H3/t11-,13+/m0/s1. The van der Waals surface area contributed by atoms with Crippen molar-refractivity contribution in [1.82, 2.24) is 0 Å². The summed E-state index contributed by atoms with van der Waals surface area (Å²) in [5, 5.41) is 9.54. The second kappa shape index (κ2) is 6.78. The average Bonchev–Trinajstić information content (AvgIpc) is 2.33. The number of rotatable bonds is 5. The first-order valence-electron chi connectivity index (χ1n) is 6.43. The molecule has 0 spiro atoms. The van der Waals surface area contributed by atoms with Crippen LogP contribution in [0.1, 0.15) is 43.9 Å². The van der Waals surface area contributed by atoms with Crippen LogP contribution in [-0.4, -0.2) is 11.2 Å². The molecule has 0 heterocycles. The van der Waals surface area contributed by atoms with E-state index in [9.17, 15) is 18.3 Å². The molecule has 1 rings (SSSR count). The molecule has 1 aromatic rings. The van der Waals surface area contributed by atoms with Crippen molar-refractivity contribution in [2.24, 2.45) is 11.7 Å². The molecule has 0 saturated heterocycles. The van der Waals surface area contributed by atoms with Crippen LogP contribution in [0, 0.1) is 5.92 Å². The van der Waals surface area contributed by atoms with Gasteiger partial charge in [0.2, 0.25) is 0 Å². The second-order valence-electron chi connectivity index (χ2n) is 5.27. The molecule has 0 aliphatic heterocycles. The highest BCUT2D eigenvalue weighted by Gasteiger charge is 2.35. The Labute approximate surface area is 121 Å². The molecular formula is C14H19ClF3NO. The number of aliphatic hydroxyl groups is 1. The van der Waals surface area contributed by atoms with Crippen LogP contribution in [0.2, 0.25) is 5.02 Å². The Balaban J connectivity index is 2.96. The predicted octanol–water partition coefficient (Wildman–Crippen LogP) is 4.16. The third-order valence-electron chi connectivity index (χ3n) is 3.15. The third-order valence-corrected chi connectivity index (χ3v) is 3.57. The first kappa shape index (κ1) is 17.3. The average molecular weight is 310 g/mol. The number of hydrogen-bond donors (Lipinski definition) is 2. The fraction of sp³-hybridized carbons (Fsp3) is 0.571. The van der Waals surface area contributed by atoms with Gasteiger partial charge in [-0.1, -0.05) is 37.6 Å². The molecule has 0 aliphatic carbocycles. The Morgan fingerprint density at radius 3 is 2.35 bits per heavy atom. The van der Waals surface area contributed by atoms with E-state index in [1.54, 1.807) is 0 Å². The van der Waals surface area contributed by atoms with Crippen molar-refractivity contribution in [1.29, 1.82) is 0 Å². The molecule has 0 saturated carbocycles. The molecular weight excluding hydrogens is 291 g/mol. The van der Waals surface area contributed by atoms with Gasteiger partial charge >= 0.3 is 6.18 Å². The monoisotopic (exact) mass is 309 g/mol. The summed E-state index contributed by atoms with van der Waals surface area (Å²) in [5.74, 6) is 0.383. The van der Waals surface area contributed by atoms with Crippen molar-refractivity contribution >= 4 is 11.6 Å². The van der Waals surface area contributed by atoms with E-state index in [-0.39, 0.29) is 5.56 Å². The molecule has 2 nitrogen and oxygen atoms in total. The van der Waals surface area contributed by atoms with Gasteiger partial charge in [0.1, 0.15) is 0 Å². The molecule has 0 radical (unpaired) electrons. The van der Waals surface area contributed by atoms with Crippen LogP contribution < -0.4 is 5.73 Å². The van der Waals surface area contributed by atoms with Crippen LogP contribution >= 0.6 is 11.6 Å². The molecule has 0 bridgehead atoms. The number of hydrogen-bond acceptors (Lipinski definition) is 2. The molecule has 6 heteroatoms. The van der Waals surface area contributed by atoms with Gasteiger partial charge in [-0.15, -0.1) is 0 Å². The van der Waals surface area contributed by atoms with Crippen molar-refractivity contribution < 1.29 is 18.3 Å². The van der Waals surface area contributed by atoms with Crippen LogP contribution in [0.15, 0.2) is 18.2 Å². The minimum Gasteiger partial charge on any atom is -0.391 e. The number of alkyl halides is 3. The quantitative estimate of drug-likeness (QED) is 0.858. The first-order chi connectivity index (χ1) is 9.14. The molecule has 3 N–H and O–H groups in total. The van der Waals surface area contributed by atoms with Crippen LogP contribution in [-0.2, 0) is 6.18 Å². The maximum atomic E-state index is 12.8. The lowest BCUT2D eigenvalue weighted by Gasteiger charge is -2.22. The van der Waals surface area contributed by atoms with E-state index in [1.807, 2.05) is 13.8 Å². The van der Waals surface area contributed by atoms with Crippen LogP contribution in [0.3, 0.4) is 0 Å². The third kappa shape index (κ3) is 4.36. The summed E-state index contributed by atoms with van der Waals surface area (Å²) in [4.78, 5) is 0. The Morgan fingerprint density at radius 2 is 1.85 bits per heavy atom. The van der Waals surface area contributed by atoms with Gasteiger partial charge in [0.15, 0.2) is 0 Å². The Hall–Kier alpha value is -0.780. The molecule has 0 fully saturated rings. The predicted molar refractivity (Wildman–Crippen MR) is 73.5 cm³/mol. The second-order valence-corrected chi connectivity index (χ2v) is 5.65. The summed E-state index contributed by atoms with van der Waals surface area (Å²) in [5.41, 5.74) is 5.03. The summed E-state index contributed by atoms with van der Waals surface area (Å²) in [6, 6.07) is 2.64. The number of benzene rings is 1. The molecule has 0 aromatic heterocycles. The zero-order valence-corrected chi connectivity index (χ0v) is 12.2. The fourth-order valence-corrected chi connectivity index (χ4v) is 2.28. The summed E-state index contributed by atoms with van der Waals surface area (Å²) in [7, 11) is 0. The maximum absolute atomic E-state index is 12.8. The van der Waals surface area contributed by atoms with E-state index in [2.05, 4.69) is 0 Å². The molecule has 114 valence electrons. The van der Waals surface area contributed by atoms with Crippen LogP contribution in [0.4, 0.5) is 13.2 Å². The minimum atomic E-state index is -4.53. The van der Waals surface area contributed by atoms with Gasteiger partial charge in [-0.3, -0.25) is 0 Å². The normalized spacial score (nSPS) is 15.4.